The summed E-state index contributed by atoms with van der Waals surface area (Å²) < 4.78 is 1.29. The molecule has 1 aromatic carbocycles. The van der Waals surface area contributed by atoms with Crippen molar-refractivity contribution in [1.29, 1.82) is 0 Å². The summed E-state index contributed by atoms with van der Waals surface area (Å²) in [4.78, 5) is 25.6. The number of carboxylic acid groups (broad SMARTS) is 1. The number of aromatic nitrogens is 3. The molecule has 8 heteroatoms. The van der Waals surface area contributed by atoms with Gasteiger partial charge in [-0.05, 0) is 18.2 Å². The average molecular weight is 284 g/mol. The van der Waals surface area contributed by atoms with Crippen LogP contribution in [0.4, 0.5) is 5.69 Å². The molecule has 104 valence electrons. The Morgan fingerprint density at radius 1 is 1.24 bits per heavy atom. The third-order valence-corrected chi connectivity index (χ3v) is 2.92. The van der Waals surface area contributed by atoms with Crippen LogP contribution in [-0.4, -0.2) is 30.6 Å². The van der Waals surface area contributed by atoms with Gasteiger partial charge in [0.15, 0.2) is 11.5 Å². The number of benzene rings is 1. The molecule has 2 aromatic heterocycles. The van der Waals surface area contributed by atoms with Gasteiger partial charge in [-0.25, -0.2) is 14.3 Å². The second-order valence-corrected chi connectivity index (χ2v) is 4.24. The Labute approximate surface area is 117 Å². The molecular formula is C13H8N4O4. The summed E-state index contributed by atoms with van der Waals surface area (Å²) in [5.41, 5.74) is 0.643. The molecule has 0 aliphatic rings. The zero-order chi connectivity index (χ0) is 15.0. The quantitative estimate of drug-likeness (QED) is 0.581. The van der Waals surface area contributed by atoms with Crippen molar-refractivity contribution in [1.82, 2.24) is 14.6 Å². The van der Waals surface area contributed by atoms with Gasteiger partial charge in [0.25, 0.3) is 5.69 Å². The van der Waals surface area contributed by atoms with Crippen LogP contribution in [0.5, 0.6) is 0 Å². The molecule has 3 aromatic rings. The van der Waals surface area contributed by atoms with E-state index in [4.69, 9.17) is 5.11 Å². The van der Waals surface area contributed by atoms with Crippen LogP contribution in [0.2, 0.25) is 0 Å². The number of nitrogens with zero attached hydrogens (tertiary/aromatic N) is 4. The van der Waals surface area contributed by atoms with E-state index in [0.29, 0.717) is 5.65 Å². The number of pyridine rings is 1. The fourth-order valence-corrected chi connectivity index (χ4v) is 1.95. The number of para-hydroxylation sites is 1. The Morgan fingerprint density at radius 3 is 2.71 bits per heavy atom. The van der Waals surface area contributed by atoms with Crippen molar-refractivity contribution in [2.24, 2.45) is 0 Å². The van der Waals surface area contributed by atoms with Gasteiger partial charge in [-0.15, -0.1) is 5.10 Å². The van der Waals surface area contributed by atoms with E-state index in [1.807, 2.05) is 0 Å². The second kappa shape index (κ2) is 4.67. The number of aromatic carboxylic acids is 1. The molecule has 3 rings (SSSR count). The minimum Gasteiger partial charge on any atom is -0.478 e. The van der Waals surface area contributed by atoms with E-state index in [9.17, 15) is 14.9 Å². The molecule has 0 radical (unpaired) electrons. The Morgan fingerprint density at radius 2 is 2.00 bits per heavy atom. The highest BCUT2D eigenvalue weighted by atomic mass is 16.6. The van der Waals surface area contributed by atoms with Crippen LogP contribution in [0.1, 0.15) is 10.4 Å². The van der Waals surface area contributed by atoms with E-state index < -0.39 is 10.9 Å². The van der Waals surface area contributed by atoms with E-state index in [0.717, 1.165) is 0 Å². The highest BCUT2D eigenvalue weighted by Gasteiger charge is 2.18. The fourth-order valence-electron chi connectivity index (χ4n) is 1.95. The van der Waals surface area contributed by atoms with E-state index in [1.165, 1.54) is 28.9 Å². The molecule has 8 nitrogen and oxygen atoms in total. The molecule has 0 saturated heterocycles. The molecule has 0 aliphatic carbocycles. The molecule has 0 amide bonds. The molecule has 1 N–H and O–H groups in total. The van der Waals surface area contributed by atoms with Gasteiger partial charge in [-0.1, -0.05) is 12.1 Å². The summed E-state index contributed by atoms with van der Waals surface area (Å²) >= 11 is 0. The third kappa shape index (κ3) is 2.18. The van der Waals surface area contributed by atoms with Gasteiger partial charge in [0, 0.05) is 12.3 Å². The van der Waals surface area contributed by atoms with E-state index in [1.54, 1.807) is 18.2 Å². The molecule has 2 heterocycles. The van der Waals surface area contributed by atoms with Crippen molar-refractivity contribution >= 4 is 17.3 Å². The van der Waals surface area contributed by atoms with Gasteiger partial charge in [0.1, 0.15) is 0 Å². The van der Waals surface area contributed by atoms with Crippen LogP contribution in [0.15, 0.2) is 42.6 Å². The Hall–Kier alpha value is -3.29. The monoisotopic (exact) mass is 284 g/mol. The van der Waals surface area contributed by atoms with Gasteiger partial charge < -0.3 is 5.11 Å². The maximum atomic E-state index is 11.0. The normalized spacial score (nSPS) is 10.7. The number of carboxylic acids is 1. The van der Waals surface area contributed by atoms with Crippen LogP contribution in [0.3, 0.4) is 0 Å². The van der Waals surface area contributed by atoms with Gasteiger partial charge >= 0.3 is 5.97 Å². The maximum absolute atomic E-state index is 11.0. The van der Waals surface area contributed by atoms with Crippen molar-refractivity contribution in [2.45, 2.75) is 0 Å². The van der Waals surface area contributed by atoms with Crippen molar-refractivity contribution in [3.05, 3.63) is 58.3 Å². The standard InChI is InChI=1S/C13H8N4O4/c18-13(19)8-5-6-11-14-12(15-16(11)7-8)9-3-1-2-4-10(9)17(20)21/h1-7H,(H,18,19). The SMILES string of the molecule is O=C(O)c1ccc2nc(-c3ccccc3[N+](=O)[O-])nn2c1. The molecule has 0 unspecified atom stereocenters. The minimum absolute atomic E-state index is 0.0570. The van der Waals surface area contributed by atoms with E-state index >= 15 is 0 Å². The molecule has 0 fully saturated rings. The zero-order valence-corrected chi connectivity index (χ0v) is 10.5. The highest BCUT2D eigenvalue weighted by Crippen LogP contribution is 2.27. The number of nitro benzene ring substituents is 1. The first-order chi connectivity index (χ1) is 10.1. The Kier molecular flexibility index (Phi) is 2.83. The van der Waals surface area contributed by atoms with Crippen LogP contribution in [0.25, 0.3) is 17.0 Å². The second-order valence-electron chi connectivity index (χ2n) is 4.24. The average Bonchev–Trinajstić information content (AvgIpc) is 2.89. The summed E-state index contributed by atoms with van der Waals surface area (Å²) in [6.07, 6.45) is 1.31. The molecule has 21 heavy (non-hydrogen) atoms. The van der Waals surface area contributed by atoms with Crippen molar-refractivity contribution in [3.8, 4) is 11.4 Å². The number of nitro groups is 1. The van der Waals surface area contributed by atoms with Crippen molar-refractivity contribution in [2.75, 3.05) is 0 Å². The first-order valence-corrected chi connectivity index (χ1v) is 5.90. The predicted octanol–water partition coefficient (Wildman–Crippen LogP) is 2.00. The largest absolute Gasteiger partial charge is 0.478 e. The number of hydrogen-bond acceptors (Lipinski definition) is 5. The number of fused-ring (bicyclic) bond motifs is 1. The summed E-state index contributed by atoms with van der Waals surface area (Å²) in [6, 6.07) is 9.01. The number of hydrogen-bond donors (Lipinski definition) is 1. The van der Waals surface area contributed by atoms with Crippen LogP contribution >= 0.6 is 0 Å². The molecule has 0 saturated carbocycles. The topological polar surface area (TPSA) is 111 Å². The lowest BCUT2D eigenvalue weighted by atomic mass is 10.2. The van der Waals surface area contributed by atoms with Gasteiger partial charge in [-0.2, -0.15) is 0 Å². The smallest absolute Gasteiger partial charge is 0.337 e. The fraction of sp³-hybridized carbons (Fsp3) is 0. The predicted molar refractivity (Wildman–Crippen MR) is 72.0 cm³/mol. The maximum Gasteiger partial charge on any atom is 0.337 e. The summed E-state index contributed by atoms with van der Waals surface area (Å²) in [5, 5.41) is 24.1. The number of carbonyl (C=O) groups is 1. The molecule has 0 atom stereocenters. The highest BCUT2D eigenvalue weighted by molar-refractivity contribution is 5.87. The van der Waals surface area contributed by atoms with Crippen molar-refractivity contribution < 1.29 is 14.8 Å². The Bertz CT molecular complexity index is 871. The van der Waals surface area contributed by atoms with Gasteiger partial charge in [0.05, 0.1) is 16.1 Å². The molecule has 0 spiro atoms. The molecular weight excluding hydrogens is 276 g/mol. The number of rotatable bonds is 3. The van der Waals surface area contributed by atoms with E-state index in [2.05, 4.69) is 10.1 Å². The summed E-state index contributed by atoms with van der Waals surface area (Å²) in [6.45, 7) is 0. The molecule has 0 bridgehead atoms. The van der Waals surface area contributed by atoms with Gasteiger partial charge in [0.2, 0.25) is 0 Å². The minimum atomic E-state index is -1.08. The first-order valence-electron chi connectivity index (χ1n) is 5.90. The third-order valence-electron chi connectivity index (χ3n) is 2.92. The van der Waals surface area contributed by atoms with Crippen molar-refractivity contribution in [3.63, 3.8) is 0 Å². The van der Waals surface area contributed by atoms with Crippen LogP contribution < -0.4 is 0 Å². The lowest BCUT2D eigenvalue weighted by molar-refractivity contribution is -0.384. The molecule has 0 aliphatic heterocycles. The Balaban J connectivity index is 2.18. The lowest BCUT2D eigenvalue weighted by Gasteiger charge is -1.96. The van der Waals surface area contributed by atoms with Crippen LogP contribution in [0, 0.1) is 10.1 Å². The lowest BCUT2D eigenvalue weighted by Crippen LogP contribution is -1.99. The first kappa shape index (κ1) is 12.7. The van der Waals surface area contributed by atoms with E-state index in [-0.39, 0.29) is 22.6 Å². The van der Waals surface area contributed by atoms with Gasteiger partial charge in [-0.3, -0.25) is 10.1 Å². The van der Waals surface area contributed by atoms with Crippen LogP contribution in [-0.2, 0) is 0 Å². The summed E-state index contributed by atoms with van der Waals surface area (Å²) in [5.74, 6) is -0.913. The summed E-state index contributed by atoms with van der Waals surface area (Å²) in [7, 11) is 0. The zero-order valence-electron chi connectivity index (χ0n) is 10.5.